The molecule has 0 atom stereocenters. The topological polar surface area (TPSA) is 94.4 Å². The maximum absolute atomic E-state index is 12.5. The number of ketones is 1. The number of aromatic nitrogens is 6. The molecule has 6 aromatic rings. The van der Waals surface area contributed by atoms with Crippen LogP contribution < -0.4 is 0 Å². The Hall–Kier alpha value is -5.21. The quantitative estimate of drug-likeness (QED) is 0.0990. The zero-order valence-corrected chi connectivity index (χ0v) is 34.9. The van der Waals surface area contributed by atoms with Gasteiger partial charge in [0.1, 0.15) is 5.78 Å². The number of hydrogen-bond donors (Lipinski definition) is 0. The fourth-order valence-corrected chi connectivity index (χ4v) is 3.56. The Kier molecular flexibility index (Phi) is 19.2. The minimum Gasteiger partial charge on any atom is -0.265 e. The molecule has 0 radical (unpaired) electrons. The molecule has 0 spiro atoms. The van der Waals surface area contributed by atoms with Crippen molar-refractivity contribution < 1.29 is 101 Å². The number of rotatable bonds is 3. The molecule has 7 nitrogen and oxygen atoms in total. The molecule has 0 aliphatic carbocycles. The van der Waals surface area contributed by atoms with Gasteiger partial charge >= 0.3 is 97.8 Å². The molecule has 0 saturated heterocycles. The van der Waals surface area contributed by atoms with Crippen molar-refractivity contribution in [3.8, 4) is 34.2 Å². The second-order valence-electron chi connectivity index (χ2n) is 11.5. The SMILES string of the molecule is CC(C)=O.FC(F)(F)c1ccnc(-c2cc(C(F)(F)F)ccn2)c1.F[P-](F)(F)(F)(F)F.F[P-](F)(F)(F)(F)F.[Ru+2].c1ccc(-c2cccc(-c3ccccn3)n2)nc1.c1ccncc1. The third-order valence-electron chi connectivity index (χ3n) is 5.61. The van der Waals surface area contributed by atoms with Crippen LogP contribution in [0, 0.1) is 0 Å². The number of carbonyl (C=O) groups is 1. The van der Waals surface area contributed by atoms with Crippen LogP contribution in [-0.2, 0) is 36.6 Å². The first-order valence-electron chi connectivity index (χ1n) is 16.1. The van der Waals surface area contributed by atoms with Gasteiger partial charge in [-0.15, -0.1) is 0 Å². The first-order chi connectivity index (χ1) is 27.7. The second-order valence-corrected chi connectivity index (χ2v) is 15.4. The Bertz CT molecular complexity index is 2120. The molecule has 348 valence electrons. The molecular weight excluding hydrogens is 1030 g/mol. The zero-order chi connectivity index (χ0) is 47.8. The van der Waals surface area contributed by atoms with E-state index in [1.54, 1.807) is 24.8 Å². The number of nitrogens with zero attached hydrogens (tertiary/aromatic N) is 6. The molecule has 6 rings (SSSR count). The van der Waals surface area contributed by atoms with Crippen LogP contribution >= 0.6 is 15.6 Å². The predicted octanol–water partition coefficient (Wildman–Crippen LogP) is 15.8. The van der Waals surface area contributed by atoms with E-state index in [1.165, 1.54) is 13.8 Å². The van der Waals surface area contributed by atoms with Gasteiger partial charge < -0.3 is 4.79 Å². The van der Waals surface area contributed by atoms with Gasteiger partial charge in [-0.2, -0.15) is 26.3 Å². The molecule has 0 aliphatic heterocycles. The summed E-state index contributed by atoms with van der Waals surface area (Å²) < 4.78 is 194. The molecule has 6 heterocycles. The van der Waals surface area contributed by atoms with Gasteiger partial charge in [0.05, 0.1) is 45.3 Å². The van der Waals surface area contributed by atoms with E-state index in [0.717, 1.165) is 47.3 Å². The van der Waals surface area contributed by atoms with Crippen LogP contribution in [-0.4, -0.2) is 35.7 Å². The minimum absolute atomic E-state index is 0. The molecule has 63 heavy (non-hydrogen) atoms. The van der Waals surface area contributed by atoms with Crippen molar-refractivity contribution in [1.29, 1.82) is 0 Å². The van der Waals surface area contributed by atoms with E-state index in [0.29, 0.717) is 12.1 Å². The number of hydrogen-bond acceptors (Lipinski definition) is 7. The summed E-state index contributed by atoms with van der Waals surface area (Å²) in [5, 5.41) is 0. The van der Waals surface area contributed by atoms with Crippen LogP contribution in [0.15, 0.2) is 134 Å². The van der Waals surface area contributed by atoms with Crippen molar-refractivity contribution in [3.63, 3.8) is 0 Å². The number of halogens is 18. The molecular formula is C35H28F18N6OP2Ru. The average molecular weight is 1050 g/mol. The number of Topliss-reactive ketones (excluding diaryl/α,β-unsaturated/α-hetero) is 1. The van der Waals surface area contributed by atoms with E-state index < -0.39 is 39.1 Å². The Morgan fingerprint density at radius 2 is 0.698 bits per heavy atom. The Balaban J connectivity index is 0.000000808. The molecule has 0 saturated carbocycles. The third-order valence-corrected chi connectivity index (χ3v) is 5.61. The fraction of sp³-hybridized carbons (Fsp3) is 0.114. The van der Waals surface area contributed by atoms with Crippen molar-refractivity contribution in [2.75, 3.05) is 0 Å². The van der Waals surface area contributed by atoms with Crippen LogP contribution in [0.2, 0.25) is 0 Å². The summed E-state index contributed by atoms with van der Waals surface area (Å²) in [5.74, 6) is 0.167. The van der Waals surface area contributed by atoms with E-state index in [9.17, 15) is 81.5 Å². The van der Waals surface area contributed by atoms with Gasteiger partial charge in [0, 0.05) is 37.2 Å². The van der Waals surface area contributed by atoms with Gasteiger partial charge in [0.25, 0.3) is 0 Å². The molecule has 6 aromatic heterocycles. The smallest absolute Gasteiger partial charge is 0.265 e. The molecule has 0 N–H and O–H groups in total. The summed E-state index contributed by atoms with van der Waals surface area (Å²) in [6, 6.07) is 26.0. The Morgan fingerprint density at radius 1 is 0.413 bits per heavy atom. The van der Waals surface area contributed by atoms with Crippen molar-refractivity contribution in [2.45, 2.75) is 26.2 Å². The fourth-order valence-electron chi connectivity index (χ4n) is 3.56. The van der Waals surface area contributed by atoms with Crippen molar-refractivity contribution in [2.24, 2.45) is 0 Å². The Labute approximate surface area is 357 Å². The van der Waals surface area contributed by atoms with Crippen LogP contribution in [0.4, 0.5) is 76.7 Å². The summed E-state index contributed by atoms with van der Waals surface area (Å²) in [4.78, 5) is 33.7. The first kappa shape index (κ1) is 57.8. The summed E-state index contributed by atoms with van der Waals surface area (Å²) >= 11 is 0. The summed E-state index contributed by atoms with van der Waals surface area (Å²) in [6.07, 6.45) is -0.409. The van der Waals surface area contributed by atoms with Crippen molar-refractivity contribution >= 4 is 21.4 Å². The average Bonchev–Trinajstić information content (AvgIpc) is 3.14. The number of alkyl halides is 6. The molecule has 0 bridgehead atoms. The maximum atomic E-state index is 12.5. The standard InChI is InChI=1S/C15H11N3.C12H6F6N2.C5H5N.C3H6O.2F6P.Ru/c1-3-10-16-12(6-1)14-8-5-9-15(18-14)13-7-2-4-11-17-13;13-11(14,15)7-1-3-19-9(5-7)10-6-8(2-4-20-10)12(16,17)18;1-2-4-6-5-3-1;1-3(2)4;2*1-7(2,3,4,5)6;/h1-11H;1-6H;1-5H;1-2H3;;;/q;;;;2*-1;+2. The summed E-state index contributed by atoms with van der Waals surface area (Å²) in [5.41, 5.74) is 0.920. The maximum Gasteiger partial charge on any atom is 2.00 e. The van der Waals surface area contributed by atoms with Gasteiger partial charge in [0.2, 0.25) is 0 Å². The third kappa shape index (κ3) is 34.0. The van der Waals surface area contributed by atoms with Gasteiger partial charge in [-0.3, -0.25) is 24.9 Å². The normalized spacial score (nSPS) is 13.2. The Morgan fingerprint density at radius 3 is 0.937 bits per heavy atom. The molecule has 0 fully saturated rings. The van der Waals surface area contributed by atoms with Gasteiger partial charge in [0.15, 0.2) is 0 Å². The van der Waals surface area contributed by atoms with E-state index in [4.69, 9.17) is 0 Å². The molecule has 0 aromatic carbocycles. The number of carbonyl (C=O) groups excluding carboxylic acids is 1. The predicted molar refractivity (Wildman–Crippen MR) is 196 cm³/mol. The summed E-state index contributed by atoms with van der Waals surface area (Å²) in [6.45, 7) is 3.06. The van der Waals surface area contributed by atoms with E-state index >= 15 is 0 Å². The molecule has 0 aliphatic rings. The summed E-state index contributed by atoms with van der Waals surface area (Å²) in [7, 11) is -21.3. The van der Waals surface area contributed by atoms with Crippen molar-refractivity contribution in [1.82, 2.24) is 29.9 Å². The molecule has 0 unspecified atom stereocenters. The van der Waals surface area contributed by atoms with Crippen LogP contribution in [0.5, 0.6) is 0 Å². The van der Waals surface area contributed by atoms with E-state index in [-0.39, 0.29) is 36.6 Å². The first-order valence-corrected chi connectivity index (χ1v) is 20.1. The van der Waals surface area contributed by atoms with Crippen LogP contribution in [0.1, 0.15) is 25.0 Å². The second kappa shape index (κ2) is 21.0. The largest absolute Gasteiger partial charge is 2.00 e. The zero-order valence-electron chi connectivity index (χ0n) is 31.3. The number of pyridine rings is 6. The van der Waals surface area contributed by atoms with Gasteiger partial charge in [-0.05, 0) is 86.6 Å². The van der Waals surface area contributed by atoms with Crippen molar-refractivity contribution in [3.05, 3.63) is 145 Å². The van der Waals surface area contributed by atoms with E-state index in [1.807, 2.05) is 72.8 Å². The van der Waals surface area contributed by atoms with Gasteiger partial charge in [-0.1, -0.05) is 24.3 Å². The monoisotopic (exact) mass is 1050 g/mol. The van der Waals surface area contributed by atoms with Crippen LogP contribution in [0.3, 0.4) is 0 Å². The van der Waals surface area contributed by atoms with Gasteiger partial charge in [-0.25, -0.2) is 4.98 Å². The minimum atomic E-state index is -10.7. The van der Waals surface area contributed by atoms with E-state index in [2.05, 4.69) is 29.9 Å². The molecule has 28 heteroatoms. The van der Waals surface area contributed by atoms with Crippen LogP contribution in [0.25, 0.3) is 34.2 Å². The molecule has 0 amide bonds.